The van der Waals surface area contributed by atoms with Crippen LogP contribution in [-0.4, -0.2) is 57.2 Å². The Bertz CT molecular complexity index is 690. The predicted octanol–water partition coefficient (Wildman–Crippen LogP) is 1.75. The van der Waals surface area contributed by atoms with E-state index in [0.29, 0.717) is 17.9 Å². The monoisotopic (exact) mass is 328 g/mol. The molecule has 1 fully saturated rings. The van der Waals surface area contributed by atoms with E-state index in [1.807, 2.05) is 38.1 Å². The zero-order chi connectivity index (χ0) is 16.9. The minimum atomic E-state index is -0.0559. The second-order valence-electron chi connectivity index (χ2n) is 6.43. The van der Waals surface area contributed by atoms with Crippen molar-refractivity contribution in [2.24, 2.45) is 0 Å². The maximum Gasteiger partial charge on any atom is 0.251 e. The van der Waals surface area contributed by atoms with E-state index in [0.717, 1.165) is 25.2 Å². The number of aromatic nitrogens is 4. The second-order valence-corrected chi connectivity index (χ2v) is 6.43. The lowest BCUT2D eigenvalue weighted by molar-refractivity contribution is 0.0950. The molecule has 7 nitrogen and oxygen atoms in total. The van der Waals surface area contributed by atoms with Crippen LogP contribution in [-0.2, 0) is 0 Å². The van der Waals surface area contributed by atoms with Crippen LogP contribution in [0.2, 0.25) is 0 Å². The Hall–Kier alpha value is -2.28. The number of hydrogen-bond acceptors (Lipinski definition) is 5. The molecule has 0 bridgehead atoms. The van der Waals surface area contributed by atoms with Gasteiger partial charge in [0.2, 0.25) is 0 Å². The first-order chi connectivity index (χ1) is 11.6. The van der Waals surface area contributed by atoms with Gasteiger partial charge in [-0.15, -0.1) is 5.10 Å². The molecule has 0 spiro atoms. The highest BCUT2D eigenvalue weighted by Crippen LogP contribution is 2.20. The highest BCUT2D eigenvalue weighted by atomic mass is 16.1. The van der Waals surface area contributed by atoms with E-state index in [1.54, 1.807) is 4.68 Å². The molecule has 2 heterocycles. The molecule has 0 unspecified atom stereocenters. The van der Waals surface area contributed by atoms with Gasteiger partial charge in [0.25, 0.3) is 5.91 Å². The lowest BCUT2D eigenvalue weighted by Crippen LogP contribution is -2.33. The smallest absolute Gasteiger partial charge is 0.251 e. The zero-order valence-electron chi connectivity index (χ0n) is 14.3. The summed E-state index contributed by atoms with van der Waals surface area (Å²) in [6, 6.07) is 7.61. The first kappa shape index (κ1) is 16.6. The van der Waals surface area contributed by atoms with E-state index in [1.165, 1.54) is 12.8 Å². The summed E-state index contributed by atoms with van der Waals surface area (Å²) in [7, 11) is 0. The topological polar surface area (TPSA) is 75.9 Å². The standard InChI is InChI=1S/C17H24N6O/c1-13(2)23-16(19-20-21-23)14-6-5-7-15(12-14)17(24)18-8-11-22-9-3-4-10-22/h5-7,12-13H,3-4,8-11H2,1-2H3,(H,18,24). The number of rotatable bonds is 6. The Labute approximate surface area is 142 Å². The van der Waals surface area contributed by atoms with Gasteiger partial charge in [0.15, 0.2) is 5.82 Å². The number of benzene rings is 1. The van der Waals surface area contributed by atoms with E-state index < -0.39 is 0 Å². The van der Waals surface area contributed by atoms with Gasteiger partial charge >= 0.3 is 0 Å². The lowest BCUT2D eigenvalue weighted by atomic mass is 10.1. The highest BCUT2D eigenvalue weighted by Gasteiger charge is 2.14. The third-order valence-electron chi connectivity index (χ3n) is 4.28. The quantitative estimate of drug-likeness (QED) is 0.874. The minimum Gasteiger partial charge on any atom is -0.351 e. The van der Waals surface area contributed by atoms with Crippen molar-refractivity contribution in [1.82, 2.24) is 30.4 Å². The molecule has 2 aromatic rings. The molecular formula is C17H24N6O. The molecule has 1 N–H and O–H groups in total. The van der Waals surface area contributed by atoms with Crippen LogP contribution in [0.25, 0.3) is 11.4 Å². The van der Waals surface area contributed by atoms with E-state index >= 15 is 0 Å². The molecule has 24 heavy (non-hydrogen) atoms. The minimum absolute atomic E-state index is 0.0559. The van der Waals surface area contributed by atoms with Crippen LogP contribution in [0.15, 0.2) is 24.3 Å². The average Bonchev–Trinajstić information content (AvgIpc) is 3.26. The van der Waals surface area contributed by atoms with Crippen LogP contribution < -0.4 is 5.32 Å². The molecular weight excluding hydrogens is 304 g/mol. The van der Waals surface area contributed by atoms with Gasteiger partial charge in [0.05, 0.1) is 6.04 Å². The number of hydrogen-bond donors (Lipinski definition) is 1. The van der Waals surface area contributed by atoms with Gasteiger partial charge < -0.3 is 10.2 Å². The van der Waals surface area contributed by atoms with E-state index in [4.69, 9.17) is 0 Å². The van der Waals surface area contributed by atoms with Gasteiger partial charge in [-0.1, -0.05) is 12.1 Å². The van der Waals surface area contributed by atoms with E-state index in [-0.39, 0.29) is 11.9 Å². The lowest BCUT2D eigenvalue weighted by Gasteiger charge is -2.15. The molecule has 3 rings (SSSR count). The van der Waals surface area contributed by atoms with Gasteiger partial charge in [-0.05, 0) is 62.3 Å². The SMILES string of the molecule is CC(C)n1nnnc1-c1cccc(C(=O)NCCN2CCCC2)c1. The predicted molar refractivity (Wildman–Crippen MR) is 91.6 cm³/mol. The summed E-state index contributed by atoms with van der Waals surface area (Å²) in [6.45, 7) is 7.92. The van der Waals surface area contributed by atoms with Crippen molar-refractivity contribution in [3.05, 3.63) is 29.8 Å². The number of tetrazole rings is 1. The molecule has 0 aliphatic carbocycles. The summed E-state index contributed by atoms with van der Waals surface area (Å²) < 4.78 is 1.75. The average molecular weight is 328 g/mol. The molecule has 1 aromatic heterocycles. The summed E-state index contributed by atoms with van der Waals surface area (Å²) in [4.78, 5) is 14.8. The fraction of sp³-hybridized carbons (Fsp3) is 0.529. The summed E-state index contributed by atoms with van der Waals surface area (Å²) in [5.74, 6) is 0.622. The normalized spacial score (nSPS) is 15.1. The van der Waals surface area contributed by atoms with Gasteiger partial charge in [-0.25, -0.2) is 4.68 Å². The first-order valence-electron chi connectivity index (χ1n) is 8.54. The molecule has 7 heteroatoms. The summed E-state index contributed by atoms with van der Waals surface area (Å²) in [6.07, 6.45) is 2.53. The number of likely N-dealkylation sites (tertiary alicyclic amines) is 1. The first-order valence-corrected chi connectivity index (χ1v) is 8.54. The second kappa shape index (κ2) is 7.53. The Morgan fingerprint density at radius 1 is 1.29 bits per heavy atom. The summed E-state index contributed by atoms with van der Waals surface area (Å²) in [5.41, 5.74) is 1.48. The maximum absolute atomic E-state index is 12.4. The van der Waals surface area contributed by atoms with Crippen molar-refractivity contribution in [1.29, 1.82) is 0 Å². The van der Waals surface area contributed by atoms with Crippen molar-refractivity contribution in [3.63, 3.8) is 0 Å². The van der Waals surface area contributed by atoms with Gasteiger partial charge in [-0.3, -0.25) is 4.79 Å². The van der Waals surface area contributed by atoms with Crippen molar-refractivity contribution in [2.75, 3.05) is 26.2 Å². The fourth-order valence-corrected chi connectivity index (χ4v) is 2.97. The van der Waals surface area contributed by atoms with Crippen molar-refractivity contribution >= 4 is 5.91 Å². The molecule has 1 amide bonds. The Balaban J connectivity index is 1.65. The third-order valence-corrected chi connectivity index (χ3v) is 4.28. The van der Waals surface area contributed by atoms with Crippen molar-refractivity contribution in [3.8, 4) is 11.4 Å². The van der Waals surface area contributed by atoms with Gasteiger partial charge in [-0.2, -0.15) is 0 Å². The van der Waals surface area contributed by atoms with Gasteiger partial charge in [0.1, 0.15) is 0 Å². The summed E-state index contributed by atoms with van der Waals surface area (Å²) in [5, 5.41) is 14.8. The number of amides is 1. The number of nitrogens with zero attached hydrogens (tertiary/aromatic N) is 5. The molecule has 1 aliphatic heterocycles. The van der Waals surface area contributed by atoms with Crippen molar-refractivity contribution < 1.29 is 4.79 Å². The number of carbonyl (C=O) groups is 1. The zero-order valence-corrected chi connectivity index (χ0v) is 14.3. The molecule has 0 radical (unpaired) electrons. The fourth-order valence-electron chi connectivity index (χ4n) is 2.97. The maximum atomic E-state index is 12.4. The van der Waals surface area contributed by atoms with E-state index in [2.05, 4.69) is 25.7 Å². The molecule has 0 saturated carbocycles. The number of carbonyl (C=O) groups excluding carboxylic acids is 1. The highest BCUT2D eigenvalue weighted by molar-refractivity contribution is 5.95. The van der Waals surface area contributed by atoms with E-state index in [9.17, 15) is 4.79 Å². The van der Waals surface area contributed by atoms with Gasteiger partial charge in [0, 0.05) is 24.2 Å². The Morgan fingerprint density at radius 2 is 2.08 bits per heavy atom. The van der Waals surface area contributed by atoms with Crippen LogP contribution >= 0.6 is 0 Å². The largest absolute Gasteiger partial charge is 0.351 e. The van der Waals surface area contributed by atoms with Crippen LogP contribution in [0.1, 0.15) is 43.1 Å². The van der Waals surface area contributed by atoms with Crippen LogP contribution in [0.3, 0.4) is 0 Å². The van der Waals surface area contributed by atoms with Crippen LogP contribution in [0, 0.1) is 0 Å². The molecule has 128 valence electrons. The Morgan fingerprint density at radius 3 is 2.83 bits per heavy atom. The molecule has 1 aliphatic rings. The molecule has 0 atom stereocenters. The third kappa shape index (κ3) is 3.79. The van der Waals surface area contributed by atoms with Crippen molar-refractivity contribution in [2.45, 2.75) is 32.7 Å². The number of nitrogens with one attached hydrogen (secondary N) is 1. The molecule has 1 aromatic carbocycles. The summed E-state index contributed by atoms with van der Waals surface area (Å²) >= 11 is 0. The Kier molecular flexibility index (Phi) is 5.20. The van der Waals surface area contributed by atoms with Crippen LogP contribution in [0.5, 0.6) is 0 Å². The van der Waals surface area contributed by atoms with Crippen LogP contribution in [0.4, 0.5) is 0 Å². The molecule has 1 saturated heterocycles.